The molecule has 0 saturated carbocycles. The van der Waals surface area contributed by atoms with E-state index >= 15 is 0 Å². The largest absolute Gasteiger partial charge is 0.328 e. The lowest BCUT2D eigenvalue weighted by atomic mass is 9.85. The summed E-state index contributed by atoms with van der Waals surface area (Å²) in [7, 11) is 0. The van der Waals surface area contributed by atoms with Crippen LogP contribution in [0.1, 0.15) is 48.9 Å². The maximum absolute atomic E-state index is 12.9. The van der Waals surface area contributed by atoms with Gasteiger partial charge in [0.25, 0.3) is 0 Å². The topological polar surface area (TPSA) is 59.8 Å². The fourth-order valence-electron chi connectivity index (χ4n) is 4.16. The molecule has 30 heavy (non-hydrogen) atoms. The van der Waals surface area contributed by atoms with E-state index in [1.807, 2.05) is 22.9 Å². The summed E-state index contributed by atoms with van der Waals surface area (Å²) in [6.45, 7) is 2.15. The van der Waals surface area contributed by atoms with Gasteiger partial charge in [-0.25, -0.2) is 4.68 Å². The van der Waals surface area contributed by atoms with Gasteiger partial charge in [0.2, 0.25) is 11.1 Å². The molecule has 2 heterocycles. The van der Waals surface area contributed by atoms with Crippen LogP contribution in [0, 0.1) is 0 Å². The van der Waals surface area contributed by atoms with Gasteiger partial charge < -0.3 is 5.32 Å². The summed E-state index contributed by atoms with van der Waals surface area (Å²) in [4.78, 5) is 17.6. The van der Waals surface area contributed by atoms with Crippen molar-refractivity contribution in [3.8, 4) is 0 Å². The molecule has 0 radical (unpaired) electrons. The summed E-state index contributed by atoms with van der Waals surface area (Å²) in [5.74, 6) is 1.75. The molecule has 1 N–H and O–H groups in total. The van der Waals surface area contributed by atoms with Crippen molar-refractivity contribution in [2.45, 2.75) is 49.6 Å². The van der Waals surface area contributed by atoms with Gasteiger partial charge in [-0.2, -0.15) is 4.98 Å². The Kier molecular flexibility index (Phi) is 5.17. The van der Waals surface area contributed by atoms with Crippen LogP contribution < -0.4 is 5.32 Å². The molecular formula is C24H24N4OS. The van der Waals surface area contributed by atoms with Crippen LogP contribution in [0.25, 0.3) is 0 Å². The number of aryl methyl sites for hydroxylation is 1. The number of thioether (sulfide) groups is 1. The molecule has 5 rings (SSSR count). The van der Waals surface area contributed by atoms with E-state index in [9.17, 15) is 4.79 Å². The molecule has 0 spiro atoms. The predicted molar refractivity (Wildman–Crippen MR) is 119 cm³/mol. The Balaban J connectivity index is 1.51. The Hall–Kier alpha value is -2.86. The van der Waals surface area contributed by atoms with Crippen LogP contribution in [-0.2, 0) is 17.0 Å². The van der Waals surface area contributed by atoms with Gasteiger partial charge in [0.05, 0.1) is 0 Å². The normalized spacial score (nSPS) is 18.0. The Morgan fingerprint density at radius 1 is 1.07 bits per heavy atom. The smallest absolute Gasteiger partial charge is 0.227 e. The number of nitrogens with one attached hydrogen (secondary N) is 1. The number of allylic oxidation sites excluding steroid dienone is 2. The first-order chi connectivity index (χ1) is 14.7. The number of benzene rings is 2. The molecule has 6 heteroatoms. The van der Waals surface area contributed by atoms with Crippen LogP contribution in [0.15, 0.2) is 71.0 Å². The molecule has 1 unspecified atom stereocenters. The number of hydrogen-bond acceptors (Lipinski definition) is 5. The van der Waals surface area contributed by atoms with Crippen LogP contribution in [0.3, 0.4) is 0 Å². The molecule has 1 aromatic heterocycles. The highest BCUT2D eigenvalue weighted by molar-refractivity contribution is 7.98. The van der Waals surface area contributed by atoms with Crippen LogP contribution in [0.5, 0.6) is 0 Å². The molecule has 2 aliphatic rings. The second-order valence-corrected chi connectivity index (χ2v) is 8.67. The van der Waals surface area contributed by atoms with Crippen molar-refractivity contribution in [2.24, 2.45) is 0 Å². The average Bonchev–Trinajstić information content (AvgIpc) is 3.20. The van der Waals surface area contributed by atoms with Gasteiger partial charge in [0.1, 0.15) is 6.04 Å². The number of carbonyl (C=O) groups is 1. The Morgan fingerprint density at radius 3 is 2.63 bits per heavy atom. The molecular weight excluding hydrogens is 392 g/mol. The third-order valence-electron chi connectivity index (χ3n) is 5.76. The maximum atomic E-state index is 12.9. The minimum absolute atomic E-state index is 0.214. The Bertz CT molecular complexity index is 1100. The van der Waals surface area contributed by atoms with E-state index in [2.05, 4.69) is 48.6 Å². The van der Waals surface area contributed by atoms with Crippen molar-refractivity contribution in [3.05, 3.63) is 82.6 Å². The maximum Gasteiger partial charge on any atom is 0.227 e. The van der Waals surface area contributed by atoms with Crippen molar-refractivity contribution in [1.82, 2.24) is 14.8 Å². The van der Waals surface area contributed by atoms with Crippen molar-refractivity contribution < 1.29 is 4.79 Å². The monoisotopic (exact) mass is 416 g/mol. The highest BCUT2D eigenvalue weighted by Gasteiger charge is 2.36. The molecule has 0 fully saturated rings. The van der Waals surface area contributed by atoms with Crippen LogP contribution in [-0.4, -0.2) is 20.5 Å². The first-order valence-corrected chi connectivity index (χ1v) is 11.5. The molecule has 2 aromatic carbocycles. The number of carbonyl (C=O) groups excluding carboxylic acids is 1. The predicted octanol–water partition coefficient (Wildman–Crippen LogP) is 5.15. The molecule has 0 saturated heterocycles. The number of Topliss-reactive ketones (excluding diaryl/α,β-unsaturated/α-hetero) is 1. The van der Waals surface area contributed by atoms with Crippen molar-refractivity contribution in [1.29, 1.82) is 0 Å². The third kappa shape index (κ3) is 3.56. The van der Waals surface area contributed by atoms with E-state index in [0.717, 1.165) is 53.0 Å². The third-order valence-corrected chi connectivity index (χ3v) is 6.67. The zero-order chi connectivity index (χ0) is 20.5. The number of rotatable bonds is 5. The summed E-state index contributed by atoms with van der Waals surface area (Å²) in [6, 6.07) is 18.7. The molecule has 1 aliphatic carbocycles. The van der Waals surface area contributed by atoms with Gasteiger partial charge in [-0.1, -0.05) is 73.3 Å². The average molecular weight is 417 g/mol. The fraction of sp³-hybridized carbons (Fsp3) is 0.292. The van der Waals surface area contributed by atoms with Gasteiger partial charge in [-0.15, -0.1) is 5.10 Å². The number of nitrogens with zero attached hydrogens (tertiary/aromatic N) is 3. The zero-order valence-corrected chi connectivity index (χ0v) is 17.8. The quantitative estimate of drug-likeness (QED) is 0.583. The van der Waals surface area contributed by atoms with Crippen molar-refractivity contribution in [2.75, 3.05) is 5.32 Å². The summed E-state index contributed by atoms with van der Waals surface area (Å²) in [5.41, 5.74) is 5.47. The molecule has 3 aromatic rings. The number of fused-ring (bicyclic) bond motifs is 1. The van der Waals surface area contributed by atoms with Gasteiger partial charge in [0.15, 0.2) is 5.78 Å². The molecule has 1 aliphatic heterocycles. The van der Waals surface area contributed by atoms with E-state index in [-0.39, 0.29) is 11.8 Å². The van der Waals surface area contributed by atoms with E-state index in [1.54, 1.807) is 11.8 Å². The van der Waals surface area contributed by atoms with E-state index in [1.165, 1.54) is 11.1 Å². The van der Waals surface area contributed by atoms with Gasteiger partial charge in [0, 0.05) is 23.4 Å². The molecule has 152 valence electrons. The highest BCUT2D eigenvalue weighted by Crippen LogP contribution is 2.40. The van der Waals surface area contributed by atoms with Crippen molar-refractivity contribution >= 4 is 23.5 Å². The first kappa shape index (κ1) is 19.1. The molecule has 1 atom stereocenters. The van der Waals surface area contributed by atoms with Crippen LogP contribution in [0.4, 0.5) is 5.95 Å². The van der Waals surface area contributed by atoms with E-state index in [4.69, 9.17) is 10.1 Å². The molecule has 5 nitrogen and oxygen atoms in total. The van der Waals surface area contributed by atoms with E-state index in [0.29, 0.717) is 6.42 Å². The van der Waals surface area contributed by atoms with Crippen LogP contribution in [0.2, 0.25) is 0 Å². The minimum Gasteiger partial charge on any atom is -0.328 e. The molecule has 0 bridgehead atoms. The lowest BCUT2D eigenvalue weighted by Gasteiger charge is -2.32. The van der Waals surface area contributed by atoms with Crippen LogP contribution >= 0.6 is 11.8 Å². The number of anilines is 1. The second kappa shape index (κ2) is 8.11. The second-order valence-electron chi connectivity index (χ2n) is 7.73. The SMILES string of the molecule is CCc1ccc(C2C3=C(CCCC3=O)Nc3nc(SCc4ccccc4)nn32)cc1. The van der Waals surface area contributed by atoms with Gasteiger partial charge >= 0.3 is 0 Å². The summed E-state index contributed by atoms with van der Waals surface area (Å²) in [5, 5.41) is 8.94. The zero-order valence-electron chi connectivity index (χ0n) is 17.0. The van der Waals surface area contributed by atoms with E-state index < -0.39 is 0 Å². The van der Waals surface area contributed by atoms with Gasteiger partial charge in [-0.05, 0) is 36.0 Å². The lowest BCUT2D eigenvalue weighted by molar-refractivity contribution is -0.116. The fourth-order valence-corrected chi connectivity index (χ4v) is 4.95. The molecule has 0 amide bonds. The van der Waals surface area contributed by atoms with Gasteiger partial charge in [-0.3, -0.25) is 4.79 Å². The number of hydrogen-bond donors (Lipinski definition) is 1. The summed E-state index contributed by atoms with van der Waals surface area (Å²) >= 11 is 1.62. The first-order valence-electron chi connectivity index (χ1n) is 10.5. The Labute approximate surface area is 180 Å². The minimum atomic E-state index is -0.214. The lowest BCUT2D eigenvalue weighted by Crippen LogP contribution is -2.31. The Morgan fingerprint density at radius 2 is 1.87 bits per heavy atom. The summed E-state index contributed by atoms with van der Waals surface area (Å²) < 4.78 is 1.90. The van der Waals surface area contributed by atoms with Crippen molar-refractivity contribution in [3.63, 3.8) is 0 Å². The number of ketones is 1. The number of aromatic nitrogens is 3. The summed E-state index contributed by atoms with van der Waals surface area (Å²) in [6.07, 6.45) is 3.36. The standard InChI is InChI=1S/C24H24N4OS/c1-2-16-11-13-18(14-12-16)22-21-19(9-6-10-20(21)29)25-23-26-24(27-28(22)23)30-15-17-7-4-3-5-8-17/h3-5,7-8,11-14,22H,2,6,9-10,15H2,1H3,(H,25,26,27). The highest BCUT2D eigenvalue weighted by atomic mass is 32.2.